The van der Waals surface area contributed by atoms with Crippen molar-refractivity contribution in [2.24, 2.45) is 5.92 Å². The van der Waals surface area contributed by atoms with Gasteiger partial charge in [0.15, 0.2) is 0 Å². The Bertz CT molecular complexity index is 921. The molecular weight excluding hydrogens is 374 g/mol. The molecule has 2 atom stereocenters. The second-order valence-electron chi connectivity index (χ2n) is 8.66. The molecule has 1 aliphatic heterocycles. The van der Waals surface area contributed by atoms with Gasteiger partial charge < -0.3 is 9.26 Å². The molecule has 1 fully saturated rings. The van der Waals surface area contributed by atoms with Crippen molar-refractivity contribution in [2.75, 3.05) is 13.2 Å². The molecule has 3 heterocycles. The Balaban J connectivity index is 1.54. The molecule has 0 aliphatic carbocycles. The van der Waals surface area contributed by atoms with Crippen molar-refractivity contribution in [2.45, 2.75) is 52.2 Å². The Morgan fingerprint density at radius 2 is 1.70 bits per heavy atom. The Kier molecular flexibility index (Phi) is 6.60. The lowest BCUT2D eigenvalue weighted by atomic mass is 9.95. The molecule has 4 rings (SSSR count). The van der Waals surface area contributed by atoms with Crippen LogP contribution in [-0.4, -0.2) is 34.3 Å². The summed E-state index contributed by atoms with van der Waals surface area (Å²) in [5.41, 5.74) is 4.90. The van der Waals surface area contributed by atoms with Crippen molar-refractivity contribution in [3.05, 3.63) is 83.0 Å². The molecule has 0 radical (unpaired) electrons. The fourth-order valence-corrected chi connectivity index (χ4v) is 4.21. The molecule has 5 heteroatoms. The summed E-state index contributed by atoms with van der Waals surface area (Å²) >= 11 is 0. The zero-order chi connectivity index (χ0) is 20.9. The van der Waals surface area contributed by atoms with E-state index in [4.69, 9.17) is 9.26 Å². The smallest absolute Gasteiger partial charge is 0.137 e. The first-order valence-corrected chi connectivity index (χ1v) is 10.8. The lowest BCUT2D eigenvalue weighted by Crippen LogP contribution is -2.40. The monoisotopic (exact) mass is 405 g/mol. The van der Waals surface area contributed by atoms with Gasteiger partial charge in [-0.15, -0.1) is 0 Å². The number of rotatable bonds is 8. The first-order valence-electron chi connectivity index (χ1n) is 10.8. The molecule has 1 saturated heterocycles. The van der Waals surface area contributed by atoms with Gasteiger partial charge in [-0.05, 0) is 41.7 Å². The Morgan fingerprint density at radius 1 is 1.00 bits per heavy atom. The SMILES string of the molecule is Cc1cc(C[C@@H]2COC[C@H]2N(Cc2ccncc2)Cc2ccc(C(C)C)cc2)on1. The standard InChI is InChI=1S/C25H31N3O2/c1-18(2)22-6-4-20(5-7-22)14-28(15-21-8-10-26-11-9-21)25-17-29-16-23(25)13-24-12-19(3)27-30-24/h4-12,18,23,25H,13-17H2,1-3H3/t23-,25-/m1/s1. The second-order valence-corrected chi connectivity index (χ2v) is 8.66. The van der Waals surface area contributed by atoms with Crippen LogP contribution in [0.5, 0.6) is 0 Å². The normalized spacial score (nSPS) is 19.1. The summed E-state index contributed by atoms with van der Waals surface area (Å²) in [5, 5.41) is 4.05. The number of nitrogens with zero attached hydrogens (tertiary/aromatic N) is 3. The molecule has 1 aromatic carbocycles. The summed E-state index contributed by atoms with van der Waals surface area (Å²) in [7, 11) is 0. The van der Waals surface area contributed by atoms with E-state index in [9.17, 15) is 0 Å². The summed E-state index contributed by atoms with van der Waals surface area (Å²) in [6, 6.07) is 15.6. The van der Waals surface area contributed by atoms with Crippen LogP contribution in [0.3, 0.4) is 0 Å². The van der Waals surface area contributed by atoms with Crippen LogP contribution in [0.4, 0.5) is 0 Å². The number of hydrogen-bond acceptors (Lipinski definition) is 5. The number of pyridine rings is 1. The lowest BCUT2D eigenvalue weighted by Gasteiger charge is -2.32. The third-order valence-corrected chi connectivity index (χ3v) is 5.94. The van der Waals surface area contributed by atoms with Crippen molar-refractivity contribution < 1.29 is 9.26 Å². The molecule has 0 amide bonds. The topological polar surface area (TPSA) is 51.4 Å². The van der Waals surface area contributed by atoms with Crippen molar-refractivity contribution in [3.8, 4) is 0 Å². The van der Waals surface area contributed by atoms with Gasteiger partial charge >= 0.3 is 0 Å². The highest BCUT2D eigenvalue weighted by molar-refractivity contribution is 5.25. The van der Waals surface area contributed by atoms with E-state index in [-0.39, 0.29) is 0 Å². The highest BCUT2D eigenvalue weighted by Crippen LogP contribution is 2.27. The third kappa shape index (κ3) is 5.15. The Morgan fingerprint density at radius 3 is 2.33 bits per heavy atom. The molecule has 3 aromatic rings. The maximum atomic E-state index is 5.94. The average Bonchev–Trinajstić information content (AvgIpc) is 3.38. The van der Waals surface area contributed by atoms with Crippen molar-refractivity contribution >= 4 is 0 Å². The number of aryl methyl sites for hydroxylation is 1. The fraction of sp³-hybridized carbons (Fsp3) is 0.440. The van der Waals surface area contributed by atoms with E-state index in [1.807, 2.05) is 25.4 Å². The van der Waals surface area contributed by atoms with Crippen LogP contribution in [0.15, 0.2) is 59.4 Å². The lowest BCUT2D eigenvalue weighted by molar-refractivity contribution is 0.127. The maximum absolute atomic E-state index is 5.94. The first kappa shape index (κ1) is 20.8. The maximum Gasteiger partial charge on any atom is 0.137 e. The molecule has 0 unspecified atom stereocenters. The third-order valence-electron chi connectivity index (χ3n) is 5.94. The van der Waals surface area contributed by atoms with Crippen LogP contribution in [0, 0.1) is 12.8 Å². The summed E-state index contributed by atoms with van der Waals surface area (Å²) in [6.07, 6.45) is 4.58. The van der Waals surface area contributed by atoms with Gasteiger partial charge in [0.25, 0.3) is 0 Å². The number of aromatic nitrogens is 2. The average molecular weight is 406 g/mol. The summed E-state index contributed by atoms with van der Waals surface area (Å²) in [5.74, 6) is 1.87. The molecule has 0 bridgehead atoms. The molecule has 0 saturated carbocycles. The second kappa shape index (κ2) is 9.54. The molecule has 30 heavy (non-hydrogen) atoms. The van der Waals surface area contributed by atoms with E-state index in [0.29, 0.717) is 17.9 Å². The Labute approximate surface area is 179 Å². The molecule has 0 spiro atoms. The van der Waals surface area contributed by atoms with E-state index in [2.05, 4.69) is 65.3 Å². The quantitative estimate of drug-likeness (QED) is 0.541. The predicted octanol–water partition coefficient (Wildman–Crippen LogP) is 4.76. The van der Waals surface area contributed by atoms with Gasteiger partial charge in [-0.3, -0.25) is 9.88 Å². The van der Waals surface area contributed by atoms with Gasteiger partial charge in [0.1, 0.15) is 5.76 Å². The van der Waals surface area contributed by atoms with Crippen LogP contribution in [-0.2, 0) is 24.2 Å². The van der Waals surface area contributed by atoms with Crippen LogP contribution < -0.4 is 0 Å². The van der Waals surface area contributed by atoms with Gasteiger partial charge in [-0.1, -0.05) is 43.3 Å². The number of benzene rings is 1. The molecule has 158 valence electrons. The van der Waals surface area contributed by atoms with Gasteiger partial charge in [0, 0.05) is 49.9 Å². The van der Waals surface area contributed by atoms with Crippen LogP contribution in [0.2, 0.25) is 0 Å². The van der Waals surface area contributed by atoms with Gasteiger partial charge in [-0.25, -0.2) is 0 Å². The fourth-order valence-electron chi connectivity index (χ4n) is 4.21. The minimum Gasteiger partial charge on any atom is -0.379 e. The minimum absolute atomic E-state index is 0.327. The van der Waals surface area contributed by atoms with Crippen LogP contribution in [0.25, 0.3) is 0 Å². The minimum atomic E-state index is 0.327. The molecular formula is C25H31N3O2. The zero-order valence-corrected chi connectivity index (χ0v) is 18.1. The molecule has 2 aromatic heterocycles. The van der Waals surface area contributed by atoms with Crippen molar-refractivity contribution in [1.82, 2.24) is 15.0 Å². The predicted molar refractivity (Wildman–Crippen MR) is 117 cm³/mol. The van der Waals surface area contributed by atoms with E-state index >= 15 is 0 Å². The van der Waals surface area contributed by atoms with E-state index in [1.165, 1.54) is 16.7 Å². The van der Waals surface area contributed by atoms with E-state index < -0.39 is 0 Å². The van der Waals surface area contributed by atoms with Crippen LogP contribution >= 0.6 is 0 Å². The molecule has 0 N–H and O–H groups in total. The van der Waals surface area contributed by atoms with E-state index in [0.717, 1.165) is 44.2 Å². The van der Waals surface area contributed by atoms with Gasteiger partial charge in [0.2, 0.25) is 0 Å². The zero-order valence-electron chi connectivity index (χ0n) is 18.1. The highest BCUT2D eigenvalue weighted by Gasteiger charge is 2.34. The van der Waals surface area contributed by atoms with E-state index in [1.54, 1.807) is 0 Å². The molecule has 5 nitrogen and oxygen atoms in total. The number of hydrogen-bond donors (Lipinski definition) is 0. The summed E-state index contributed by atoms with van der Waals surface area (Å²) < 4.78 is 11.4. The summed E-state index contributed by atoms with van der Waals surface area (Å²) in [4.78, 5) is 6.71. The first-order chi connectivity index (χ1) is 14.6. The largest absolute Gasteiger partial charge is 0.379 e. The van der Waals surface area contributed by atoms with Gasteiger partial charge in [-0.2, -0.15) is 0 Å². The summed E-state index contributed by atoms with van der Waals surface area (Å²) in [6.45, 7) is 9.69. The van der Waals surface area contributed by atoms with Crippen molar-refractivity contribution in [1.29, 1.82) is 0 Å². The molecule has 1 aliphatic rings. The van der Waals surface area contributed by atoms with Crippen molar-refractivity contribution in [3.63, 3.8) is 0 Å². The number of ether oxygens (including phenoxy) is 1. The van der Waals surface area contributed by atoms with Crippen LogP contribution in [0.1, 0.15) is 47.9 Å². The highest BCUT2D eigenvalue weighted by atomic mass is 16.5. The van der Waals surface area contributed by atoms with Gasteiger partial charge in [0.05, 0.1) is 18.9 Å². The Hall–Kier alpha value is -2.50.